The van der Waals surface area contributed by atoms with Gasteiger partial charge in [0.15, 0.2) is 11.6 Å². The molecule has 1 aromatic carbocycles. The van der Waals surface area contributed by atoms with Crippen molar-refractivity contribution in [3.8, 4) is 11.3 Å². The minimum atomic E-state index is -0.498. The summed E-state index contributed by atoms with van der Waals surface area (Å²) < 4.78 is 5.54. The summed E-state index contributed by atoms with van der Waals surface area (Å²) in [4.78, 5) is 19.7. The molecule has 0 saturated heterocycles. The summed E-state index contributed by atoms with van der Waals surface area (Å²) in [7, 11) is 0. The van der Waals surface area contributed by atoms with Gasteiger partial charge in [-0.3, -0.25) is 4.79 Å². The van der Waals surface area contributed by atoms with Crippen LogP contribution in [0.5, 0.6) is 0 Å². The number of nitrogens with one attached hydrogen (secondary N) is 1. The smallest absolute Gasteiger partial charge is 0.292 e. The molecule has 0 saturated carbocycles. The molecule has 2 heterocycles. The molecule has 0 fully saturated rings. The van der Waals surface area contributed by atoms with Gasteiger partial charge in [-0.05, 0) is 48.0 Å². The van der Waals surface area contributed by atoms with Gasteiger partial charge in [0.05, 0.1) is 6.20 Å². The molecular weight excluding hydrogens is 361 g/mol. The fourth-order valence-electron chi connectivity index (χ4n) is 1.83. The van der Waals surface area contributed by atoms with E-state index >= 15 is 0 Å². The number of benzene rings is 1. The van der Waals surface area contributed by atoms with Crippen molar-refractivity contribution in [3.05, 3.63) is 63.7 Å². The van der Waals surface area contributed by atoms with Crippen LogP contribution in [0.1, 0.15) is 10.6 Å². The first-order chi connectivity index (χ1) is 11.0. The van der Waals surface area contributed by atoms with E-state index in [0.29, 0.717) is 10.8 Å². The van der Waals surface area contributed by atoms with Crippen molar-refractivity contribution in [2.75, 3.05) is 5.32 Å². The second kappa shape index (κ2) is 6.58. The summed E-state index contributed by atoms with van der Waals surface area (Å²) >= 11 is 17.4. The Labute approximate surface area is 146 Å². The number of hydrogen-bond donors (Lipinski definition) is 1. The Balaban J connectivity index is 1.81. The van der Waals surface area contributed by atoms with Gasteiger partial charge >= 0.3 is 0 Å². The van der Waals surface area contributed by atoms with Gasteiger partial charge in [0, 0.05) is 10.6 Å². The zero-order chi connectivity index (χ0) is 16.4. The minimum Gasteiger partial charge on any atom is -0.451 e. The summed E-state index contributed by atoms with van der Waals surface area (Å²) in [5.41, 5.74) is 0.802. The number of nitrogens with zero attached hydrogens (tertiary/aromatic N) is 2. The molecule has 5 nitrogen and oxygen atoms in total. The Hall–Kier alpha value is -2.08. The van der Waals surface area contributed by atoms with Crippen molar-refractivity contribution in [3.63, 3.8) is 0 Å². The molecule has 1 N–H and O–H groups in total. The van der Waals surface area contributed by atoms with E-state index < -0.39 is 5.91 Å². The summed E-state index contributed by atoms with van der Waals surface area (Å²) in [5.74, 6) is 0.266. The van der Waals surface area contributed by atoms with Crippen LogP contribution in [0, 0.1) is 0 Å². The molecule has 8 heteroatoms. The van der Waals surface area contributed by atoms with Crippen LogP contribution < -0.4 is 5.32 Å². The third-order valence-electron chi connectivity index (χ3n) is 2.91. The predicted molar refractivity (Wildman–Crippen MR) is 89.2 cm³/mol. The molecule has 0 unspecified atom stereocenters. The lowest BCUT2D eigenvalue weighted by molar-refractivity contribution is 0.0997. The van der Waals surface area contributed by atoms with Crippen molar-refractivity contribution in [2.24, 2.45) is 0 Å². The van der Waals surface area contributed by atoms with Crippen molar-refractivity contribution in [1.82, 2.24) is 9.97 Å². The fraction of sp³-hybridized carbons (Fsp3) is 0. The van der Waals surface area contributed by atoms with E-state index in [1.807, 2.05) is 0 Å². The Morgan fingerprint density at radius 1 is 1.04 bits per heavy atom. The van der Waals surface area contributed by atoms with E-state index in [-0.39, 0.29) is 21.9 Å². The number of halogens is 3. The standard InChI is InChI=1S/C15H8Cl3N3O2/c16-9-3-1-8(2-4-9)11-5-6-12(23-11)14(22)20-13-10(17)7-19-15(18)21-13/h1-7H,(H,19,20,21,22). The first-order valence-corrected chi connectivity index (χ1v) is 7.51. The van der Waals surface area contributed by atoms with Crippen LogP contribution in [-0.4, -0.2) is 15.9 Å². The van der Waals surface area contributed by atoms with Crippen LogP contribution in [0.3, 0.4) is 0 Å². The second-order valence-electron chi connectivity index (χ2n) is 4.46. The van der Waals surface area contributed by atoms with Gasteiger partial charge in [0.25, 0.3) is 5.91 Å². The minimum absolute atomic E-state index is 0.0222. The molecule has 3 rings (SSSR count). The Morgan fingerprint density at radius 3 is 2.52 bits per heavy atom. The number of anilines is 1. The molecule has 0 spiro atoms. The highest BCUT2D eigenvalue weighted by molar-refractivity contribution is 6.34. The number of rotatable bonds is 3. The van der Waals surface area contributed by atoms with Gasteiger partial charge in [-0.25, -0.2) is 4.98 Å². The van der Waals surface area contributed by atoms with Crippen molar-refractivity contribution in [2.45, 2.75) is 0 Å². The fourth-order valence-corrected chi connectivity index (χ4v) is 2.23. The maximum atomic E-state index is 12.2. The van der Waals surface area contributed by atoms with E-state index in [4.69, 9.17) is 39.2 Å². The van der Waals surface area contributed by atoms with E-state index in [9.17, 15) is 4.79 Å². The average Bonchev–Trinajstić information content (AvgIpc) is 3.02. The Morgan fingerprint density at radius 2 is 1.78 bits per heavy atom. The van der Waals surface area contributed by atoms with Gasteiger partial charge in [0.2, 0.25) is 5.28 Å². The van der Waals surface area contributed by atoms with Crippen LogP contribution in [-0.2, 0) is 0 Å². The number of hydrogen-bond acceptors (Lipinski definition) is 4. The summed E-state index contributed by atoms with van der Waals surface area (Å²) in [6, 6.07) is 10.3. The van der Waals surface area contributed by atoms with Crippen LogP contribution in [0.2, 0.25) is 15.3 Å². The molecule has 1 amide bonds. The number of aromatic nitrogens is 2. The molecule has 116 valence electrons. The average molecular weight is 369 g/mol. The molecule has 0 radical (unpaired) electrons. The third-order valence-corrected chi connectivity index (χ3v) is 3.62. The first kappa shape index (κ1) is 15.8. The van der Waals surface area contributed by atoms with Crippen molar-refractivity contribution in [1.29, 1.82) is 0 Å². The van der Waals surface area contributed by atoms with Gasteiger partial charge in [-0.1, -0.05) is 23.2 Å². The maximum absolute atomic E-state index is 12.2. The third kappa shape index (κ3) is 3.64. The molecule has 0 aliphatic carbocycles. The van der Waals surface area contributed by atoms with E-state index in [1.165, 1.54) is 6.20 Å². The van der Waals surface area contributed by atoms with Crippen molar-refractivity contribution < 1.29 is 9.21 Å². The van der Waals surface area contributed by atoms with Gasteiger partial charge in [0.1, 0.15) is 10.8 Å². The molecule has 0 aliphatic rings. The maximum Gasteiger partial charge on any atom is 0.292 e. The summed E-state index contributed by atoms with van der Waals surface area (Å²) in [6.07, 6.45) is 1.30. The monoisotopic (exact) mass is 367 g/mol. The normalized spacial score (nSPS) is 10.6. The lowest BCUT2D eigenvalue weighted by atomic mass is 10.2. The molecule has 0 aliphatic heterocycles. The SMILES string of the molecule is O=C(Nc1nc(Cl)ncc1Cl)c1ccc(-c2ccc(Cl)cc2)o1. The summed E-state index contributed by atoms with van der Waals surface area (Å²) in [6.45, 7) is 0. The van der Waals surface area contributed by atoms with Crippen LogP contribution in [0.25, 0.3) is 11.3 Å². The largest absolute Gasteiger partial charge is 0.451 e. The quantitative estimate of drug-likeness (QED) is 0.664. The Bertz CT molecular complexity index is 863. The Kier molecular flexibility index (Phi) is 4.52. The van der Waals surface area contributed by atoms with E-state index in [1.54, 1.807) is 36.4 Å². The highest BCUT2D eigenvalue weighted by Crippen LogP contribution is 2.25. The lowest BCUT2D eigenvalue weighted by Crippen LogP contribution is -2.12. The second-order valence-corrected chi connectivity index (χ2v) is 5.64. The first-order valence-electron chi connectivity index (χ1n) is 6.38. The summed E-state index contributed by atoms with van der Waals surface area (Å²) in [5, 5.41) is 3.29. The predicted octanol–water partition coefficient (Wildman–Crippen LogP) is 4.95. The van der Waals surface area contributed by atoms with Gasteiger partial charge in [-0.15, -0.1) is 0 Å². The number of furan rings is 1. The van der Waals surface area contributed by atoms with Gasteiger partial charge in [-0.2, -0.15) is 4.98 Å². The number of carbonyl (C=O) groups is 1. The molecule has 2 aromatic heterocycles. The zero-order valence-corrected chi connectivity index (χ0v) is 13.7. The van der Waals surface area contributed by atoms with Crippen LogP contribution >= 0.6 is 34.8 Å². The number of carbonyl (C=O) groups excluding carboxylic acids is 1. The van der Waals surface area contributed by atoms with E-state index in [0.717, 1.165) is 5.56 Å². The highest BCUT2D eigenvalue weighted by Gasteiger charge is 2.15. The van der Waals surface area contributed by atoms with Crippen molar-refractivity contribution >= 4 is 46.5 Å². The zero-order valence-electron chi connectivity index (χ0n) is 11.4. The molecule has 3 aromatic rings. The van der Waals surface area contributed by atoms with E-state index in [2.05, 4.69) is 15.3 Å². The molecule has 0 bridgehead atoms. The number of amides is 1. The van der Waals surface area contributed by atoms with Crippen LogP contribution in [0.4, 0.5) is 5.82 Å². The molecule has 23 heavy (non-hydrogen) atoms. The molecular formula is C15H8Cl3N3O2. The van der Waals surface area contributed by atoms with Crippen LogP contribution in [0.15, 0.2) is 47.0 Å². The molecule has 0 atom stereocenters. The topological polar surface area (TPSA) is 68.0 Å². The highest BCUT2D eigenvalue weighted by atomic mass is 35.5. The lowest BCUT2D eigenvalue weighted by Gasteiger charge is -2.04. The van der Waals surface area contributed by atoms with Gasteiger partial charge < -0.3 is 9.73 Å².